The van der Waals surface area contributed by atoms with Gasteiger partial charge in [-0.15, -0.1) is 11.8 Å². The number of carbonyl (C=O) groups is 12. The van der Waals surface area contributed by atoms with Crippen LogP contribution in [0.15, 0.2) is 24.3 Å². The van der Waals surface area contributed by atoms with Crippen molar-refractivity contribution in [2.45, 2.75) is 80.6 Å². The number of benzene rings is 1. The lowest BCUT2D eigenvalue weighted by Crippen LogP contribution is -2.53. The van der Waals surface area contributed by atoms with Gasteiger partial charge in [-0.3, -0.25) is 67.3 Å². The van der Waals surface area contributed by atoms with Crippen LogP contribution >= 0.6 is 33.3 Å². The fourth-order valence-electron chi connectivity index (χ4n) is 7.67. The number of hydrogen-bond donors (Lipinski definition) is 5. The van der Waals surface area contributed by atoms with Crippen LogP contribution in [-0.2, 0) is 107 Å². The predicted molar refractivity (Wildman–Crippen MR) is 313 cm³/mol. The molecule has 0 bridgehead atoms. The van der Waals surface area contributed by atoms with Crippen molar-refractivity contribution in [2.75, 3.05) is 163 Å². The molecule has 3 heterocycles. The third kappa shape index (κ3) is 30.0. The molecule has 9 amide bonds. The van der Waals surface area contributed by atoms with Crippen molar-refractivity contribution in [1.29, 1.82) is 0 Å². The number of amides is 9. The summed E-state index contributed by atoms with van der Waals surface area (Å²) >= 11 is 1.10. The average molecular weight is 1270 g/mol. The summed E-state index contributed by atoms with van der Waals surface area (Å²) in [5, 5.41) is 12.3. The molecule has 0 radical (unpaired) electrons. The van der Waals surface area contributed by atoms with E-state index in [1.807, 2.05) is 0 Å². The van der Waals surface area contributed by atoms with Gasteiger partial charge in [-0.05, 0) is 38.0 Å². The smallest absolute Gasteiger partial charge is 0.250 e. The number of nitrogens with one attached hydrogen (secondary N) is 5. The molecule has 4 rings (SSSR count). The van der Waals surface area contributed by atoms with Gasteiger partial charge in [0.1, 0.15) is 25.0 Å². The SMILES string of the molecule is CC(=O)CCOCCOCCOCCOCCNC(=O)C(CNC(=O)CCSC1CC(=O)N(CCC(=O)NCCOCCOCCOCCOCCC(=O)C2(C(C)=O)SS2)C1=O)NC(=O)COCC(=O)Nc1ccc(CCC(=O)N2CCC2=O)cc1. The molecule has 2 unspecified atom stereocenters. The van der Waals surface area contributed by atoms with E-state index in [2.05, 4.69) is 26.6 Å². The lowest BCUT2D eigenvalue weighted by atomic mass is 10.1. The van der Waals surface area contributed by atoms with Crippen LogP contribution in [0.1, 0.15) is 64.4 Å². The number of anilines is 1. The number of Topliss-reactive ketones (excluding diaryl/α,β-unsaturated/α-hetero) is 3. The summed E-state index contributed by atoms with van der Waals surface area (Å²) in [6.45, 7) is 6.52. The molecule has 31 heteroatoms. The molecular formula is C55H81N7O21S3. The highest BCUT2D eigenvalue weighted by Gasteiger charge is 2.57. The zero-order valence-electron chi connectivity index (χ0n) is 48.8. The summed E-state index contributed by atoms with van der Waals surface area (Å²) in [7, 11) is 2.55. The van der Waals surface area contributed by atoms with Gasteiger partial charge in [0.15, 0.2) is 15.6 Å². The van der Waals surface area contributed by atoms with E-state index in [0.29, 0.717) is 97.6 Å². The molecule has 0 aromatic heterocycles. The highest BCUT2D eigenvalue weighted by molar-refractivity contribution is 8.94. The maximum absolute atomic E-state index is 13.3. The number of hydrogen-bond acceptors (Lipinski definition) is 24. The first-order chi connectivity index (χ1) is 41.5. The number of β-lactam (4-membered cyclic amide) rings is 1. The van der Waals surface area contributed by atoms with Crippen LogP contribution in [0.5, 0.6) is 0 Å². The Labute approximate surface area is 511 Å². The highest BCUT2D eigenvalue weighted by Crippen LogP contribution is 2.66. The largest absolute Gasteiger partial charge is 0.379 e. The van der Waals surface area contributed by atoms with Crippen LogP contribution in [0.2, 0.25) is 0 Å². The molecule has 3 fully saturated rings. The molecular weight excluding hydrogens is 1190 g/mol. The highest BCUT2D eigenvalue weighted by atomic mass is 33.2. The number of likely N-dealkylation sites (tertiary alicyclic amines) is 2. The number of rotatable bonds is 51. The Morgan fingerprint density at radius 2 is 1.13 bits per heavy atom. The van der Waals surface area contributed by atoms with E-state index in [4.69, 9.17) is 42.6 Å². The minimum absolute atomic E-state index is 0.0385. The van der Waals surface area contributed by atoms with Crippen molar-refractivity contribution < 1.29 is 100 Å². The number of carbonyl (C=O) groups excluding carboxylic acids is 12. The normalized spacial score (nSPS) is 15.4. The second-order valence-corrected chi connectivity index (χ2v) is 23.4. The van der Waals surface area contributed by atoms with Crippen molar-refractivity contribution in [3.8, 4) is 0 Å². The van der Waals surface area contributed by atoms with E-state index in [0.717, 1.165) is 22.2 Å². The number of ketones is 3. The third-order valence-electron chi connectivity index (χ3n) is 12.5. The molecule has 480 valence electrons. The fourth-order valence-corrected chi connectivity index (χ4v) is 11.0. The monoisotopic (exact) mass is 1270 g/mol. The first kappa shape index (κ1) is 73.0. The fraction of sp³-hybridized carbons (Fsp3) is 0.673. The standard InChI is InChI=1S/C55H81N7O21S3/c1-39(63)11-18-75-22-26-79-30-32-82-29-25-78-21-15-57-53(73)43(60-49(69)38-83-37-48(68)59-42-6-3-41(4-7-42)5-8-50(70)61-17-10-51(61)71)36-58-47(67)13-34-84-44-35-52(72)62(54(44)74)16-9-46(66)56-14-20-77-24-28-81-33-31-80-27-23-76-19-12-45(65)55(40(2)64)85-86-55/h3-4,6-7,43-44H,5,8-38H2,1-2H3,(H,56,66)(H,57,73)(H,58,67)(H,59,68)(H,60,69). The van der Waals surface area contributed by atoms with Gasteiger partial charge in [0.2, 0.25) is 53.2 Å². The Hall–Kier alpha value is -5.45. The second kappa shape index (κ2) is 42.4. The maximum Gasteiger partial charge on any atom is 0.250 e. The van der Waals surface area contributed by atoms with Gasteiger partial charge in [0, 0.05) is 89.1 Å². The Bertz CT molecular complexity index is 2390. The van der Waals surface area contributed by atoms with E-state index >= 15 is 0 Å². The van der Waals surface area contributed by atoms with Gasteiger partial charge in [0.05, 0.1) is 111 Å². The molecule has 3 aliphatic heterocycles. The average Bonchev–Trinajstić information content (AvgIpc) is 2.06. The zero-order chi connectivity index (χ0) is 62.4. The van der Waals surface area contributed by atoms with Gasteiger partial charge < -0.3 is 69.2 Å². The van der Waals surface area contributed by atoms with Crippen molar-refractivity contribution in [1.82, 2.24) is 31.1 Å². The molecule has 86 heavy (non-hydrogen) atoms. The lowest BCUT2D eigenvalue weighted by molar-refractivity contribution is -0.152. The molecule has 28 nitrogen and oxygen atoms in total. The Morgan fingerprint density at radius 1 is 0.593 bits per heavy atom. The van der Waals surface area contributed by atoms with E-state index in [1.54, 1.807) is 24.3 Å². The van der Waals surface area contributed by atoms with Crippen molar-refractivity contribution in [3.63, 3.8) is 0 Å². The lowest BCUT2D eigenvalue weighted by Gasteiger charge is -2.28. The minimum Gasteiger partial charge on any atom is -0.379 e. The number of imide groups is 2. The number of aryl methyl sites for hydroxylation is 1. The summed E-state index contributed by atoms with van der Waals surface area (Å²) in [5.41, 5.74) is 1.27. The van der Waals surface area contributed by atoms with Crippen molar-refractivity contribution in [3.05, 3.63) is 29.8 Å². The second-order valence-electron chi connectivity index (χ2n) is 19.3. The van der Waals surface area contributed by atoms with Crippen LogP contribution < -0.4 is 26.6 Å². The van der Waals surface area contributed by atoms with Crippen molar-refractivity contribution >= 4 is 110 Å². The predicted octanol–water partition coefficient (Wildman–Crippen LogP) is -0.441. The molecule has 3 aliphatic rings. The number of thioether (sulfide) groups is 1. The quantitative estimate of drug-likeness (QED) is 0.0138. The zero-order valence-corrected chi connectivity index (χ0v) is 51.2. The van der Waals surface area contributed by atoms with Crippen LogP contribution in [-0.4, -0.2) is 253 Å². The van der Waals surface area contributed by atoms with Gasteiger partial charge in [-0.25, -0.2) is 0 Å². The van der Waals surface area contributed by atoms with Crippen molar-refractivity contribution in [2.24, 2.45) is 0 Å². The van der Waals surface area contributed by atoms with Gasteiger partial charge in [-0.1, -0.05) is 33.7 Å². The number of ether oxygens (including phenoxy) is 9. The molecule has 0 spiro atoms. The van der Waals surface area contributed by atoms with E-state index in [9.17, 15) is 57.5 Å². The molecule has 1 aromatic carbocycles. The Morgan fingerprint density at radius 3 is 1.66 bits per heavy atom. The molecule has 0 saturated carbocycles. The molecule has 3 saturated heterocycles. The van der Waals surface area contributed by atoms with Crippen LogP contribution in [0, 0.1) is 0 Å². The summed E-state index contributed by atoms with van der Waals surface area (Å²) in [5.74, 6) is -4.33. The third-order valence-corrected chi connectivity index (χ3v) is 16.8. The van der Waals surface area contributed by atoms with Crippen LogP contribution in [0.3, 0.4) is 0 Å². The van der Waals surface area contributed by atoms with E-state index in [1.165, 1.54) is 40.3 Å². The van der Waals surface area contributed by atoms with Crippen LogP contribution in [0.4, 0.5) is 5.69 Å². The Balaban J connectivity index is 1.07. The summed E-state index contributed by atoms with van der Waals surface area (Å²) in [4.78, 5) is 151. The molecule has 2 atom stereocenters. The first-order valence-electron chi connectivity index (χ1n) is 28.4. The summed E-state index contributed by atoms with van der Waals surface area (Å²) in [6, 6.07) is 5.46. The number of nitrogens with zero attached hydrogens (tertiary/aromatic N) is 2. The Kier molecular flexibility index (Phi) is 36.0. The first-order valence-corrected chi connectivity index (χ1v) is 31.6. The molecule has 5 N–H and O–H groups in total. The van der Waals surface area contributed by atoms with Crippen LogP contribution in [0.25, 0.3) is 0 Å². The summed E-state index contributed by atoms with van der Waals surface area (Å²) < 4.78 is 47.8. The van der Waals surface area contributed by atoms with Gasteiger partial charge in [-0.2, -0.15) is 0 Å². The van der Waals surface area contributed by atoms with E-state index < -0.39 is 64.0 Å². The van der Waals surface area contributed by atoms with Gasteiger partial charge in [0.25, 0.3) is 0 Å². The molecule has 0 aliphatic carbocycles. The molecule has 1 aromatic rings. The minimum atomic E-state index is -1.28. The summed E-state index contributed by atoms with van der Waals surface area (Å²) in [6.07, 6.45) is 1.14. The van der Waals surface area contributed by atoms with Gasteiger partial charge >= 0.3 is 0 Å². The van der Waals surface area contributed by atoms with E-state index in [-0.39, 0.29) is 139 Å². The maximum atomic E-state index is 13.3. The topological polar surface area (TPSA) is 355 Å².